The zero-order chi connectivity index (χ0) is 28.7. The third-order valence-electron chi connectivity index (χ3n) is 6.17. The average Bonchev–Trinajstić information content (AvgIpc) is 3.36. The zero-order valence-electron chi connectivity index (χ0n) is 22.5. The Hall–Kier alpha value is -2.91. The Kier molecular flexibility index (Phi) is 10.9. The number of benzene rings is 2. The monoisotopic (exact) mass is 590 g/mol. The molecule has 1 aromatic heterocycles. The molecule has 0 fully saturated rings. The largest absolute Gasteiger partial charge is 0.496 e. The molecule has 0 bridgehead atoms. The summed E-state index contributed by atoms with van der Waals surface area (Å²) in [6.45, 7) is 5.85. The number of methoxy groups -OCH3 is 2. The van der Waals surface area contributed by atoms with Crippen molar-refractivity contribution in [3.63, 3.8) is 0 Å². The predicted octanol–water partition coefficient (Wildman–Crippen LogP) is 8.38. The van der Waals surface area contributed by atoms with Crippen LogP contribution in [0.4, 0.5) is 5.13 Å². The molecule has 0 saturated carbocycles. The minimum atomic E-state index is -1.09. The summed E-state index contributed by atoms with van der Waals surface area (Å²) < 4.78 is 11.6. The van der Waals surface area contributed by atoms with Gasteiger partial charge in [-0.2, -0.15) is 0 Å². The van der Waals surface area contributed by atoms with Crippen LogP contribution in [-0.2, 0) is 9.53 Å². The van der Waals surface area contributed by atoms with Crippen LogP contribution in [0.15, 0.2) is 41.3 Å². The van der Waals surface area contributed by atoms with E-state index in [0.29, 0.717) is 28.1 Å². The van der Waals surface area contributed by atoms with E-state index < -0.39 is 11.9 Å². The van der Waals surface area contributed by atoms with E-state index in [9.17, 15) is 9.59 Å². The van der Waals surface area contributed by atoms with Gasteiger partial charge in [-0.15, -0.1) is 11.3 Å². The number of carboxylic acids is 1. The molecule has 1 heterocycles. The van der Waals surface area contributed by atoms with Gasteiger partial charge in [0.15, 0.2) is 5.13 Å². The number of thiazole rings is 1. The smallest absolute Gasteiger partial charge is 0.331 e. The highest BCUT2D eigenvalue weighted by Crippen LogP contribution is 2.40. The first-order chi connectivity index (χ1) is 18.5. The SMILES string of the molecule is COc1c(-c2csc(NC(=O)c3cc(Cl)c(/C=C(\C)C(=O)O)c(Cl)c3)n2)cccc1C(CCCC(C)C)OC. The molecule has 1 unspecified atom stereocenters. The van der Waals surface area contributed by atoms with E-state index in [1.165, 1.54) is 36.5 Å². The van der Waals surface area contributed by atoms with Crippen LogP contribution in [0.25, 0.3) is 17.3 Å². The second-order valence-electron chi connectivity index (χ2n) is 9.46. The summed E-state index contributed by atoms with van der Waals surface area (Å²) >= 11 is 13.9. The second-order valence-corrected chi connectivity index (χ2v) is 11.1. The highest BCUT2D eigenvalue weighted by atomic mass is 35.5. The van der Waals surface area contributed by atoms with E-state index in [-0.39, 0.29) is 27.3 Å². The van der Waals surface area contributed by atoms with E-state index in [4.69, 9.17) is 37.8 Å². The summed E-state index contributed by atoms with van der Waals surface area (Å²) in [5.41, 5.74) is 3.03. The van der Waals surface area contributed by atoms with Gasteiger partial charge < -0.3 is 14.6 Å². The lowest BCUT2D eigenvalue weighted by Crippen LogP contribution is -2.12. The van der Waals surface area contributed by atoms with Crippen LogP contribution in [0.3, 0.4) is 0 Å². The lowest BCUT2D eigenvalue weighted by Gasteiger charge is -2.20. The highest BCUT2D eigenvalue weighted by Gasteiger charge is 2.21. The van der Waals surface area contributed by atoms with Gasteiger partial charge in [-0.05, 0) is 43.5 Å². The number of nitrogens with zero attached hydrogens (tertiary/aromatic N) is 1. The molecule has 2 N–H and O–H groups in total. The molecule has 10 heteroatoms. The molecule has 3 rings (SSSR count). The average molecular weight is 592 g/mol. The number of para-hydroxylation sites is 1. The first-order valence-electron chi connectivity index (χ1n) is 12.4. The molecular weight excluding hydrogens is 559 g/mol. The number of anilines is 1. The van der Waals surface area contributed by atoms with Crippen molar-refractivity contribution in [1.29, 1.82) is 0 Å². The fraction of sp³-hybridized carbons (Fsp3) is 0.345. The molecule has 3 aromatic rings. The van der Waals surface area contributed by atoms with Crippen molar-refractivity contribution in [3.8, 4) is 17.0 Å². The number of aromatic nitrogens is 1. The number of amides is 1. The van der Waals surface area contributed by atoms with Gasteiger partial charge in [0.2, 0.25) is 0 Å². The lowest BCUT2D eigenvalue weighted by molar-refractivity contribution is -0.132. The first-order valence-corrected chi connectivity index (χ1v) is 14.1. The molecule has 0 aliphatic heterocycles. The quantitative estimate of drug-likeness (QED) is 0.205. The van der Waals surface area contributed by atoms with Gasteiger partial charge in [0.1, 0.15) is 5.75 Å². The van der Waals surface area contributed by atoms with Crippen LogP contribution < -0.4 is 10.1 Å². The van der Waals surface area contributed by atoms with Crippen molar-refractivity contribution in [3.05, 3.63) is 68.0 Å². The maximum Gasteiger partial charge on any atom is 0.331 e. The van der Waals surface area contributed by atoms with Gasteiger partial charge in [-0.3, -0.25) is 10.1 Å². The Morgan fingerprint density at radius 3 is 2.44 bits per heavy atom. The molecule has 208 valence electrons. The van der Waals surface area contributed by atoms with Crippen LogP contribution in [0, 0.1) is 5.92 Å². The summed E-state index contributed by atoms with van der Waals surface area (Å²) in [4.78, 5) is 28.7. The van der Waals surface area contributed by atoms with Gasteiger partial charge in [-0.25, -0.2) is 9.78 Å². The zero-order valence-corrected chi connectivity index (χ0v) is 24.8. The van der Waals surface area contributed by atoms with E-state index in [2.05, 4.69) is 24.1 Å². The standard InChI is InChI=1S/C29H32Cl2N2O5S/c1-16(2)8-6-11-25(37-4)20-10-7-9-19(26(20)38-5)24-15-39-29(32-24)33-27(34)18-13-22(30)21(23(31)14-18)12-17(3)28(35)36/h7,9-10,12-16,25H,6,8,11H2,1-5H3,(H,35,36)(H,32,33,34)/b17-12+. The van der Waals surface area contributed by atoms with Crippen LogP contribution in [0.5, 0.6) is 5.75 Å². The number of halogens is 2. The predicted molar refractivity (Wildman–Crippen MR) is 158 cm³/mol. The maximum absolute atomic E-state index is 12.9. The van der Waals surface area contributed by atoms with E-state index >= 15 is 0 Å². The molecule has 7 nitrogen and oxygen atoms in total. The Labute approximate surface area is 242 Å². The van der Waals surface area contributed by atoms with Gasteiger partial charge in [0.25, 0.3) is 5.91 Å². The number of hydrogen-bond donors (Lipinski definition) is 2. The molecule has 0 aliphatic rings. The Morgan fingerprint density at radius 2 is 1.85 bits per heavy atom. The Bertz CT molecular complexity index is 1350. The Balaban J connectivity index is 1.83. The number of carboxylic acid groups (broad SMARTS) is 1. The lowest BCUT2D eigenvalue weighted by atomic mass is 9.97. The molecule has 0 saturated heterocycles. The second kappa shape index (κ2) is 13.9. The molecule has 2 aromatic carbocycles. The molecule has 0 radical (unpaired) electrons. The topological polar surface area (TPSA) is 97.8 Å². The number of aliphatic carboxylic acids is 1. The third kappa shape index (κ3) is 7.82. The number of rotatable bonds is 12. The number of nitrogens with one attached hydrogen (secondary N) is 1. The molecule has 1 amide bonds. The summed E-state index contributed by atoms with van der Waals surface area (Å²) in [5.74, 6) is -0.219. The third-order valence-corrected chi connectivity index (χ3v) is 7.55. The molecule has 1 atom stereocenters. The number of ether oxygens (including phenoxy) is 2. The minimum absolute atomic E-state index is 0.0678. The van der Waals surface area contributed by atoms with E-state index in [1.807, 2.05) is 23.6 Å². The summed E-state index contributed by atoms with van der Waals surface area (Å²) in [6, 6.07) is 8.76. The van der Waals surface area contributed by atoms with Crippen molar-refractivity contribution in [2.75, 3.05) is 19.5 Å². The van der Waals surface area contributed by atoms with Crippen LogP contribution in [0.2, 0.25) is 10.0 Å². The molecule has 0 spiro atoms. The number of carbonyl (C=O) groups excluding carboxylic acids is 1. The minimum Gasteiger partial charge on any atom is -0.496 e. The van der Waals surface area contributed by atoms with Gasteiger partial charge >= 0.3 is 5.97 Å². The van der Waals surface area contributed by atoms with E-state index in [0.717, 1.165) is 30.4 Å². The fourth-order valence-corrected chi connectivity index (χ4v) is 5.41. The van der Waals surface area contributed by atoms with Crippen molar-refractivity contribution in [1.82, 2.24) is 4.98 Å². The summed E-state index contributed by atoms with van der Waals surface area (Å²) in [6.07, 6.45) is 4.29. The molecular formula is C29H32Cl2N2O5S. The Morgan fingerprint density at radius 1 is 1.15 bits per heavy atom. The normalized spacial score (nSPS) is 12.5. The number of carbonyl (C=O) groups is 2. The van der Waals surface area contributed by atoms with Crippen LogP contribution in [-0.4, -0.2) is 36.2 Å². The summed E-state index contributed by atoms with van der Waals surface area (Å²) in [5, 5.41) is 14.5. The van der Waals surface area contributed by atoms with Crippen molar-refractivity contribution in [2.45, 2.75) is 46.1 Å². The fourth-order valence-electron chi connectivity index (χ4n) is 4.11. The van der Waals surface area contributed by atoms with Crippen LogP contribution >= 0.6 is 34.5 Å². The summed E-state index contributed by atoms with van der Waals surface area (Å²) in [7, 11) is 3.33. The first kappa shape index (κ1) is 30.6. The highest BCUT2D eigenvalue weighted by molar-refractivity contribution is 7.14. The van der Waals surface area contributed by atoms with Crippen molar-refractivity contribution >= 4 is 57.6 Å². The van der Waals surface area contributed by atoms with Crippen molar-refractivity contribution in [2.24, 2.45) is 5.92 Å². The van der Waals surface area contributed by atoms with Gasteiger partial charge in [0, 0.05) is 40.3 Å². The molecule has 0 aliphatic carbocycles. The van der Waals surface area contributed by atoms with Crippen LogP contribution in [0.1, 0.15) is 67.6 Å². The number of hydrogen-bond acceptors (Lipinski definition) is 6. The van der Waals surface area contributed by atoms with E-state index in [1.54, 1.807) is 14.2 Å². The van der Waals surface area contributed by atoms with Gasteiger partial charge in [0.05, 0.1) is 29.0 Å². The maximum atomic E-state index is 12.9. The van der Waals surface area contributed by atoms with Crippen molar-refractivity contribution < 1.29 is 24.2 Å². The molecule has 39 heavy (non-hydrogen) atoms. The van der Waals surface area contributed by atoms with Gasteiger partial charge in [-0.1, -0.05) is 62.0 Å².